The van der Waals surface area contributed by atoms with E-state index in [1.54, 1.807) is 31.5 Å². The minimum absolute atomic E-state index is 0.158. The molecule has 1 aliphatic heterocycles. The molecular weight excluding hydrogens is 501 g/mol. The average Bonchev–Trinajstić information content (AvgIpc) is 3.23. The number of nitrogens with zero attached hydrogens (tertiary/aromatic N) is 3. The number of carboxylic acids is 1. The van der Waals surface area contributed by atoms with Gasteiger partial charge in [0.15, 0.2) is 6.23 Å². The maximum Gasteiger partial charge on any atom is 0.335 e. The van der Waals surface area contributed by atoms with Crippen molar-refractivity contribution in [1.29, 1.82) is 0 Å². The van der Waals surface area contributed by atoms with Crippen molar-refractivity contribution in [1.82, 2.24) is 14.8 Å². The molecule has 5 rings (SSSR count). The lowest BCUT2D eigenvalue weighted by atomic mass is 10.0. The molecule has 0 bridgehead atoms. The molecule has 4 aromatic rings. The van der Waals surface area contributed by atoms with Gasteiger partial charge in [-0.05, 0) is 69.0 Å². The Hall–Kier alpha value is -3.13. The van der Waals surface area contributed by atoms with Crippen molar-refractivity contribution < 1.29 is 19.4 Å². The summed E-state index contributed by atoms with van der Waals surface area (Å²) in [6.07, 6.45) is 5.50. The zero-order valence-corrected chi connectivity index (χ0v) is 21.4. The molecule has 0 aliphatic carbocycles. The lowest BCUT2D eigenvalue weighted by Gasteiger charge is -2.23. The number of halogens is 2. The van der Waals surface area contributed by atoms with Gasteiger partial charge in [-0.2, -0.15) is 5.10 Å². The second-order valence-electron chi connectivity index (χ2n) is 8.91. The molecule has 2 aromatic heterocycles. The predicted molar refractivity (Wildman–Crippen MR) is 139 cm³/mol. The minimum Gasteiger partial charge on any atom is -0.486 e. The van der Waals surface area contributed by atoms with Crippen LogP contribution in [0.1, 0.15) is 60.0 Å². The highest BCUT2D eigenvalue weighted by Crippen LogP contribution is 2.37. The van der Waals surface area contributed by atoms with Gasteiger partial charge in [0.25, 0.3) is 0 Å². The van der Waals surface area contributed by atoms with Crippen molar-refractivity contribution in [3.8, 4) is 17.0 Å². The maximum atomic E-state index is 11.5. The number of carbonyl (C=O) groups is 1. The van der Waals surface area contributed by atoms with Crippen LogP contribution in [0, 0.1) is 6.92 Å². The largest absolute Gasteiger partial charge is 0.486 e. The summed E-state index contributed by atoms with van der Waals surface area (Å²) in [5.74, 6) is -0.327. The third kappa shape index (κ3) is 4.66. The van der Waals surface area contributed by atoms with Crippen LogP contribution in [0.2, 0.25) is 10.0 Å². The fraction of sp³-hybridized carbons (Fsp3) is 0.296. The van der Waals surface area contributed by atoms with E-state index in [2.05, 4.69) is 4.98 Å². The third-order valence-corrected chi connectivity index (χ3v) is 7.05. The van der Waals surface area contributed by atoms with Gasteiger partial charge in [0.2, 0.25) is 0 Å². The Morgan fingerprint density at radius 2 is 1.94 bits per heavy atom. The van der Waals surface area contributed by atoms with E-state index in [0.29, 0.717) is 33.5 Å². The molecule has 1 aliphatic rings. The molecule has 1 unspecified atom stereocenters. The van der Waals surface area contributed by atoms with Crippen LogP contribution in [0.3, 0.4) is 0 Å². The molecule has 36 heavy (non-hydrogen) atoms. The Labute approximate surface area is 218 Å². The van der Waals surface area contributed by atoms with Gasteiger partial charge < -0.3 is 14.6 Å². The quantitative estimate of drug-likeness (QED) is 0.285. The highest BCUT2D eigenvalue weighted by Gasteiger charge is 2.23. The van der Waals surface area contributed by atoms with Gasteiger partial charge in [0, 0.05) is 35.5 Å². The lowest BCUT2D eigenvalue weighted by Crippen LogP contribution is -2.19. The normalized spacial score (nSPS) is 16.7. The van der Waals surface area contributed by atoms with Crippen molar-refractivity contribution >= 4 is 40.1 Å². The summed E-state index contributed by atoms with van der Waals surface area (Å²) >= 11 is 12.7. The van der Waals surface area contributed by atoms with Gasteiger partial charge in [-0.3, -0.25) is 4.98 Å². The van der Waals surface area contributed by atoms with Crippen LogP contribution in [0.15, 0.2) is 48.8 Å². The third-order valence-electron chi connectivity index (χ3n) is 6.45. The van der Waals surface area contributed by atoms with Crippen LogP contribution in [0.5, 0.6) is 5.75 Å². The molecule has 1 fully saturated rings. The van der Waals surface area contributed by atoms with Crippen LogP contribution in [-0.2, 0) is 4.74 Å². The molecule has 7 nitrogen and oxygen atoms in total. The average molecular weight is 526 g/mol. The number of ether oxygens (including phenoxy) is 2. The topological polar surface area (TPSA) is 86.5 Å². The minimum atomic E-state index is -0.955. The molecule has 0 radical (unpaired) electrons. The number of aryl methyl sites for hydroxylation is 1. The number of benzene rings is 2. The summed E-state index contributed by atoms with van der Waals surface area (Å²) in [5.41, 5.74) is 4.07. The van der Waals surface area contributed by atoms with Crippen LogP contribution in [-0.4, -0.2) is 32.4 Å². The number of fused-ring (bicyclic) bond motifs is 1. The summed E-state index contributed by atoms with van der Waals surface area (Å²) < 4.78 is 14.2. The van der Waals surface area contributed by atoms with E-state index in [4.69, 9.17) is 37.8 Å². The smallest absolute Gasteiger partial charge is 0.335 e. The molecular formula is C27H25Cl2N3O4. The highest BCUT2D eigenvalue weighted by molar-refractivity contribution is 6.35. The van der Waals surface area contributed by atoms with Crippen molar-refractivity contribution in [2.75, 3.05) is 6.61 Å². The highest BCUT2D eigenvalue weighted by atomic mass is 35.5. The monoisotopic (exact) mass is 525 g/mol. The first-order valence-electron chi connectivity index (χ1n) is 11.8. The number of aromatic carboxylic acids is 1. The summed E-state index contributed by atoms with van der Waals surface area (Å²) in [5, 5.41) is 16.1. The number of rotatable bonds is 6. The van der Waals surface area contributed by atoms with Crippen molar-refractivity contribution in [3.05, 3.63) is 75.5 Å². The summed E-state index contributed by atoms with van der Waals surface area (Å²) in [6.45, 7) is 4.36. The number of hydrogen-bond acceptors (Lipinski definition) is 5. The van der Waals surface area contributed by atoms with E-state index in [9.17, 15) is 9.90 Å². The number of hydrogen-bond donors (Lipinski definition) is 1. The van der Waals surface area contributed by atoms with E-state index < -0.39 is 12.1 Å². The van der Waals surface area contributed by atoms with Crippen LogP contribution in [0.25, 0.3) is 22.2 Å². The SMILES string of the molecule is Cc1cc(-c2nn(C3CCCCO3)c3ccc(O[C@H](C)c4c(Cl)cncc4Cl)cc23)ccc1C(=O)O. The molecule has 1 N–H and O–H groups in total. The van der Waals surface area contributed by atoms with Gasteiger partial charge in [0.05, 0.1) is 21.1 Å². The number of aromatic nitrogens is 3. The molecule has 2 aromatic carbocycles. The predicted octanol–water partition coefficient (Wildman–Crippen LogP) is 7.25. The second kappa shape index (κ2) is 10.1. The van der Waals surface area contributed by atoms with E-state index >= 15 is 0 Å². The Kier molecular flexibility index (Phi) is 6.88. The Morgan fingerprint density at radius 1 is 1.17 bits per heavy atom. The van der Waals surface area contributed by atoms with Crippen LogP contribution in [0.4, 0.5) is 0 Å². The van der Waals surface area contributed by atoms with Gasteiger partial charge in [-0.15, -0.1) is 0 Å². The first kappa shape index (κ1) is 24.6. The fourth-order valence-corrected chi connectivity index (χ4v) is 5.34. The van der Waals surface area contributed by atoms with Crippen molar-refractivity contribution in [3.63, 3.8) is 0 Å². The molecule has 186 valence electrons. The van der Waals surface area contributed by atoms with Gasteiger partial charge in [0.1, 0.15) is 17.5 Å². The lowest BCUT2D eigenvalue weighted by molar-refractivity contribution is -0.0365. The van der Waals surface area contributed by atoms with Crippen LogP contribution >= 0.6 is 23.2 Å². The van der Waals surface area contributed by atoms with Crippen molar-refractivity contribution in [2.24, 2.45) is 0 Å². The number of carboxylic acid groups (broad SMARTS) is 1. The first-order valence-corrected chi connectivity index (χ1v) is 12.5. The summed E-state index contributed by atoms with van der Waals surface area (Å²) in [6, 6.07) is 11.1. The molecule has 3 heterocycles. The summed E-state index contributed by atoms with van der Waals surface area (Å²) in [7, 11) is 0. The molecule has 0 amide bonds. The Bertz CT molecular complexity index is 1430. The van der Waals surface area contributed by atoms with E-state index in [1.165, 1.54) is 0 Å². The van der Waals surface area contributed by atoms with Gasteiger partial charge in [-0.25, -0.2) is 9.48 Å². The van der Waals surface area contributed by atoms with Crippen LogP contribution < -0.4 is 4.74 Å². The first-order chi connectivity index (χ1) is 17.3. The van der Waals surface area contributed by atoms with Crippen molar-refractivity contribution in [2.45, 2.75) is 45.4 Å². The fourth-order valence-electron chi connectivity index (χ4n) is 4.67. The van der Waals surface area contributed by atoms with Gasteiger partial charge >= 0.3 is 5.97 Å². The zero-order chi connectivity index (χ0) is 25.4. The Morgan fingerprint density at radius 3 is 2.61 bits per heavy atom. The maximum absolute atomic E-state index is 11.5. The zero-order valence-electron chi connectivity index (χ0n) is 19.9. The van der Waals surface area contributed by atoms with E-state index in [0.717, 1.165) is 41.4 Å². The standard InChI is InChI=1S/C27H25Cl2N3O4/c1-15-11-17(6-8-19(15)27(33)34)26-20-12-18(36-16(2)25-21(28)13-30-14-22(25)29)7-9-23(20)32(31-26)24-5-3-4-10-35-24/h6-9,11-14,16,24H,3-5,10H2,1-2H3,(H,33,34)/t16-,24?/m1/s1. The second-order valence-corrected chi connectivity index (χ2v) is 9.72. The summed E-state index contributed by atoms with van der Waals surface area (Å²) in [4.78, 5) is 15.5. The van der Waals surface area contributed by atoms with E-state index in [-0.39, 0.29) is 11.8 Å². The molecule has 0 saturated carbocycles. The Balaban J connectivity index is 1.59. The van der Waals surface area contributed by atoms with E-state index in [1.807, 2.05) is 35.9 Å². The molecule has 0 spiro atoms. The molecule has 1 saturated heterocycles. The number of pyridine rings is 1. The molecule has 2 atom stereocenters. The van der Waals surface area contributed by atoms with Gasteiger partial charge in [-0.1, -0.05) is 29.3 Å². The molecule has 9 heteroatoms.